The maximum Gasteiger partial charge on any atom is 0.481 e. The molecular weight excluding hydrogens is 555 g/mol. The quantitative estimate of drug-likeness (QED) is 0.356. The monoisotopic (exact) mass is 602 g/mol. The SMILES string of the molecule is CC(C)C[C@H](NC(=O)C1(CC(C)C)CC(CNC(=O)c2nccc3ccccc23)=NO1)B1O[C@@H]2C[C@@H]3C[C@@H](C3(C)C)[C@]2(C)O1. The van der Waals surface area contributed by atoms with Crippen LogP contribution < -0.4 is 10.6 Å². The lowest BCUT2D eigenvalue weighted by atomic mass is 9.43. The van der Waals surface area contributed by atoms with Gasteiger partial charge in [0.2, 0.25) is 5.60 Å². The van der Waals surface area contributed by atoms with Crippen LogP contribution in [0.15, 0.2) is 41.7 Å². The van der Waals surface area contributed by atoms with E-state index in [0.717, 1.165) is 23.6 Å². The summed E-state index contributed by atoms with van der Waals surface area (Å²) in [5.74, 6) is 0.776. The minimum absolute atomic E-state index is 0.0398. The van der Waals surface area contributed by atoms with Crippen molar-refractivity contribution in [2.24, 2.45) is 34.2 Å². The molecule has 6 atom stereocenters. The minimum atomic E-state index is -1.17. The average Bonchev–Trinajstić information content (AvgIpc) is 3.55. The van der Waals surface area contributed by atoms with Gasteiger partial charge in [0.15, 0.2) is 0 Å². The molecule has 3 saturated carbocycles. The van der Waals surface area contributed by atoms with Gasteiger partial charge < -0.3 is 24.8 Å². The van der Waals surface area contributed by atoms with Crippen LogP contribution in [0.2, 0.25) is 0 Å². The van der Waals surface area contributed by atoms with Gasteiger partial charge in [-0.05, 0) is 66.7 Å². The molecule has 2 N–H and O–H groups in total. The molecule has 1 unspecified atom stereocenters. The molecule has 3 aliphatic carbocycles. The molecule has 9 nitrogen and oxygen atoms in total. The van der Waals surface area contributed by atoms with Crippen molar-refractivity contribution < 1.29 is 23.7 Å². The summed E-state index contributed by atoms with van der Waals surface area (Å²) in [5, 5.41) is 12.3. The Labute approximate surface area is 261 Å². The molecule has 7 rings (SSSR count). The Bertz CT molecular complexity index is 1460. The van der Waals surface area contributed by atoms with Crippen molar-refractivity contribution in [3.63, 3.8) is 0 Å². The summed E-state index contributed by atoms with van der Waals surface area (Å²) < 4.78 is 13.4. The normalized spacial score (nSPS) is 30.9. The Morgan fingerprint density at radius 1 is 1.07 bits per heavy atom. The number of carbonyl (C=O) groups is 2. The second kappa shape index (κ2) is 11.4. The summed E-state index contributed by atoms with van der Waals surface area (Å²) in [4.78, 5) is 37.6. The van der Waals surface area contributed by atoms with E-state index in [2.05, 4.69) is 69.2 Å². The highest BCUT2D eigenvalue weighted by atomic mass is 16.7. The van der Waals surface area contributed by atoms with E-state index in [0.29, 0.717) is 42.0 Å². The molecule has 0 radical (unpaired) electrons. The lowest BCUT2D eigenvalue weighted by Crippen LogP contribution is -2.65. The van der Waals surface area contributed by atoms with Crippen LogP contribution in [0.3, 0.4) is 0 Å². The smallest absolute Gasteiger partial charge is 0.404 e. The lowest BCUT2D eigenvalue weighted by Gasteiger charge is -2.64. The number of carbonyl (C=O) groups excluding carboxylic acids is 2. The van der Waals surface area contributed by atoms with Crippen molar-refractivity contribution >= 4 is 35.4 Å². The Morgan fingerprint density at radius 3 is 2.57 bits per heavy atom. The number of fused-ring (bicyclic) bond motifs is 1. The Kier molecular flexibility index (Phi) is 8.06. The van der Waals surface area contributed by atoms with E-state index in [1.165, 1.54) is 6.42 Å². The van der Waals surface area contributed by atoms with E-state index in [1.54, 1.807) is 6.20 Å². The zero-order valence-corrected chi connectivity index (χ0v) is 27.2. The largest absolute Gasteiger partial charge is 0.481 e. The predicted octanol–water partition coefficient (Wildman–Crippen LogP) is 5.32. The number of rotatable bonds is 10. The Balaban J connectivity index is 1.14. The molecule has 4 fully saturated rings. The highest BCUT2D eigenvalue weighted by Gasteiger charge is 2.68. The summed E-state index contributed by atoms with van der Waals surface area (Å²) in [7, 11) is -0.517. The van der Waals surface area contributed by atoms with Crippen LogP contribution in [0.4, 0.5) is 0 Å². The van der Waals surface area contributed by atoms with Crippen LogP contribution in [0.5, 0.6) is 0 Å². The van der Waals surface area contributed by atoms with Crippen molar-refractivity contribution in [2.45, 2.75) is 104 Å². The van der Waals surface area contributed by atoms with Gasteiger partial charge in [-0.1, -0.05) is 71.0 Å². The van der Waals surface area contributed by atoms with Gasteiger partial charge in [0, 0.05) is 24.4 Å². The molecule has 1 aromatic carbocycles. The summed E-state index contributed by atoms with van der Waals surface area (Å²) in [6, 6.07) is 9.54. The fourth-order valence-corrected chi connectivity index (χ4v) is 8.31. The maximum atomic E-state index is 14.2. The third kappa shape index (κ3) is 5.42. The van der Waals surface area contributed by atoms with Gasteiger partial charge in [-0.2, -0.15) is 0 Å². The minimum Gasteiger partial charge on any atom is -0.404 e. The highest BCUT2D eigenvalue weighted by Crippen LogP contribution is 2.65. The molecule has 5 aliphatic rings. The Morgan fingerprint density at radius 2 is 1.84 bits per heavy atom. The van der Waals surface area contributed by atoms with Gasteiger partial charge in [0.1, 0.15) is 5.69 Å². The third-order valence-electron chi connectivity index (χ3n) is 10.7. The van der Waals surface area contributed by atoms with Crippen molar-refractivity contribution in [2.75, 3.05) is 6.54 Å². The van der Waals surface area contributed by atoms with E-state index in [9.17, 15) is 9.59 Å². The van der Waals surface area contributed by atoms with Gasteiger partial charge in [-0.15, -0.1) is 0 Å². The first-order chi connectivity index (χ1) is 20.8. The predicted molar refractivity (Wildman–Crippen MR) is 171 cm³/mol. The van der Waals surface area contributed by atoms with E-state index >= 15 is 0 Å². The van der Waals surface area contributed by atoms with Crippen LogP contribution in [-0.4, -0.2) is 59.4 Å². The summed E-state index contributed by atoms with van der Waals surface area (Å²) in [6.45, 7) is 15.5. The third-order valence-corrected chi connectivity index (χ3v) is 10.7. The topological polar surface area (TPSA) is 111 Å². The second-order valence-corrected chi connectivity index (χ2v) is 15.1. The first kappa shape index (κ1) is 31.0. The lowest BCUT2D eigenvalue weighted by molar-refractivity contribution is -0.199. The van der Waals surface area contributed by atoms with Crippen LogP contribution >= 0.6 is 0 Å². The number of aromatic nitrogens is 1. The van der Waals surface area contributed by atoms with E-state index < -0.39 is 12.7 Å². The number of nitrogens with zero attached hydrogens (tertiary/aromatic N) is 2. The average molecular weight is 603 g/mol. The van der Waals surface area contributed by atoms with Gasteiger partial charge in [-0.25, -0.2) is 0 Å². The second-order valence-electron chi connectivity index (χ2n) is 15.1. The maximum absolute atomic E-state index is 14.2. The number of benzene rings is 1. The first-order valence-corrected chi connectivity index (χ1v) is 16.3. The molecule has 1 saturated heterocycles. The van der Waals surface area contributed by atoms with E-state index in [-0.39, 0.29) is 47.3 Å². The molecule has 44 heavy (non-hydrogen) atoms. The summed E-state index contributed by atoms with van der Waals surface area (Å²) >= 11 is 0. The molecule has 3 heterocycles. The number of oxime groups is 1. The van der Waals surface area contributed by atoms with Crippen LogP contribution in [0.25, 0.3) is 10.8 Å². The molecule has 1 aromatic heterocycles. The van der Waals surface area contributed by atoms with Crippen molar-refractivity contribution in [3.05, 3.63) is 42.2 Å². The van der Waals surface area contributed by atoms with Crippen molar-refractivity contribution in [1.82, 2.24) is 15.6 Å². The Hall–Kier alpha value is -2.98. The molecule has 2 amide bonds. The van der Waals surface area contributed by atoms with Gasteiger partial charge in [-0.3, -0.25) is 14.6 Å². The highest BCUT2D eigenvalue weighted by molar-refractivity contribution is 6.48. The van der Waals surface area contributed by atoms with Gasteiger partial charge in [0.05, 0.1) is 29.9 Å². The van der Waals surface area contributed by atoms with Crippen LogP contribution in [0, 0.1) is 29.1 Å². The molecule has 2 aliphatic heterocycles. The summed E-state index contributed by atoms with van der Waals surface area (Å²) in [5.41, 5.74) is -0.303. The molecule has 2 aromatic rings. The molecule has 2 bridgehead atoms. The van der Waals surface area contributed by atoms with Gasteiger partial charge in [0.25, 0.3) is 11.8 Å². The molecule has 236 valence electrons. The van der Waals surface area contributed by atoms with Crippen LogP contribution in [-0.2, 0) is 18.9 Å². The standard InChI is InChI=1S/C34H47BN4O5/c1-20(2)14-28(35-42-27-16-23-15-26(32(23,5)6)33(27,7)43-35)38-31(41)34(17-21(3)4)18-24(39-44-34)19-37-30(40)29-25-11-9-8-10-22(25)12-13-36-29/h8-13,20-21,23,26-28H,14-19H2,1-7H3,(H,37,40)(H,38,41)/t23-,26-,27+,28-,33-,34?/m0/s1. The zero-order chi connectivity index (χ0) is 31.4. The zero-order valence-electron chi connectivity index (χ0n) is 27.2. The van der Waals surface area contributed by atoms with Crippen molar-refractivity contribution in [3.8, 4) is 0 Å². The fraction of sp³-hybridized carbons (Fsp3) is 0.647. The number of amides is 2. The molecule has 0 spiro atoms. The first-order valence-electron chi connectivity index (χ1n) is 16.3. The van der Waals surface area contributed by atoms with E-state index in [4.69, 9.17) is 14.1 Å². The number of nitrogens with one attached hydrogen (secondary N) is 2. The molecular formula is C34H47BN4O5. The number of hydrogen-bond donors (Lipinski definition) is 2. The van der Waals surface area contributed by atoms with Crippen LogP contribution in [0.1, 0.15) is 91.1 Å². The number of pyridine rings is 1. The molecule has 10 heteroatoms. The van der Waals surface area contributed by atoms with Crippen molar-refractivity contribution in [1.29, 1.82) is 0 Å². The number of hydrogen-bond acceptors (Lipinski definition) is 7. The fourth-order valence-electron chi connectivity index (χ4n) is 8.31. The summed E-state index contributed by atoms with van der Waals surface area (Å²) in [6.07, 6.45) is 5.35. The van der Waals surface area contributed by atoms with Gasteiger partial charge >= 0.3 is 7.12 Å². The van der Waals surface area contributed by atoms with E-state index in [1.807, 2.05) is 30.3 Å².